The van der Waals surface area contributed by atoms with E-state index < -0.39 is 0 Å². The Morgan fingerprint density at radius 1 is 0.889 bits per heavy atom. The Balaban J connectivity index is 1.93. The van der Waals surface area contributed by atoms with E-state index in [0.717, 1.165) is 30.3 Å². The highest BCUT2D eigenvalue weighted by atomic mass is 14.9. The minimum atomic E-state index is 0.838. The maximum absolute atomic E-state index is 3.87. The molecule has 0 bridgehead atoms. The fourth-order valence-electron chi connectivity index (χ4n) is 4.43. The average Bonchev–Trinajstić information content (AvgIpc) is 2.70. The third-order valence-electron chi connectivity index (χ3n) is 5.51. The van der Waals surface area contributed by atoms with Crippen LogP contribution in [-0.2, 0) is 0 Å². The molecule has 0 spiro atoms. The molecule has 106 valence electrons. The minimum absolute atomic E-state index is 0.838. The molecular weight excluding hydrogens is 218 g/mol. The zero-order valence-electron chi connectivity index (χ0n) is 12.6. The van der Waals surface area contributed by atoms with E-state index in [4.69, 9.17) is 0 Å². The number of nitrogens with one attached hydrogen (secondary N) is 1. The highest BCUT2D eigenvalue weighted by Crippen LogP contribution is 2.39. The fourth-order valence-corrected chi connectivity index (χ4v) is 4.43. The molecule has 3 unspecified atom stereocenters. The quantitative estimate of drug-likeness (QED) is 0.695. The van der Waals surface area contributed by atoms with Gasteiger partial charge < -0.3 is 5.32 Å². The topological polar surface area (TPSA) is 12.0 Å². The summed E-state index contributed by atoms with van der Waals surface area (Å²) in [6, 6.07) is 0.838. The van der Waals surface area contributed by atoms with Gasteiger partial charge in [0.2, 0.25) is 0 Å². The molecule has 0 radical (unpaired) electrons. The van der Waals surface area contributed by atoms with Crippen LogP contribution in [0.1, 0.15) is 78.1 Å². The first-order chi connectivity index (χ1) is 8.85. The van der Waals surface area contributed by atoms with Crippen molar-refractivity contribution in [3.05, 3.63) is 0 Å². The van der Waals surface area contributed by atoms with Gasteiger partial charge >= 0.3 is 0 Å². The first kappa shape index (κ1) is 14.4. The van der Waals surface area contributed by atoms with Gasteiger partial charge in [-0.3, -0.25) is 0 Å². The maximum Gasteiger partial charge on any atom is 0.0124 e. The summed E-state index contributed by atoms with van der Waals surface area (Å²) in [6.07, 6.45) is 14.8. The molecule has 1 heteroatoms. The minimum Gasteiger partial charge on any atom is -0.314 e. The van der Waals surface area contributed by atoms with Crippen LogP contribution in [0.3, 0.4) is 0 Å². The first-order valence-corrected chi connectivity index (χ1v) is 8.58. The Labute approximate surface area is 114 Å². The predicted molar refractivity (Wildman–Crippen MR) is 79.8 cm³/mol. The number of hydrogen-bond donors (Lipinski definition) is 1. The van der Waals surface area contributed by atoms with Crippen LogP contribution in [0.15, 0.2) is 0 Å². The van der Waals surface area contributed by atoms with Gasteiger partial charge in [0.1, 0.15) is 0 Å². The van der Waals surface area contributed by atoms with Gasteiger partial charge in [-0.05, 0) is 50.0 Å². The van der Waals surface area contributed by atoms with Crippen molar-refractivity contribution in [1.29, 1.82) is 0 Å². The van der Waals surface area contributed by atoms with Crippen molar-refractivity contribution in [1.82, 2.24) is 5.32 Å². The summed E-state index contributed by atoms with van der Waals surface area (Å²) in [5.41, 5.74) is 0. The Bertz CT molecular complexity index is 218. The summed E-state index contributed by atoms with van der Waals surface area (Å²) < 4.78 is 0. The molecule has 3 atom stereocenters. The van der Waals surface area contributed by atoms with Crippen molar-refractivity contribution in [3.8, 4) is 0 Å². The molecule has 0 aromatic heterocycles. The lowest BCUT2D eigenvalue weighted by atomic mass is 9.82. The molecule has 0 aromatic carbocycles. The predicted octanol–water partition coefficient (Wildman–Crippen LogP) is 4.76. The summed E-state index contributed by atoms with van der Waals surface area (Å²) >= 11 is 0. The number of rotatable bonds is 5. The Morgan fingerprint density at radius 3 is 2.17 bits per heavy atom. The molecule has 0 amide bonds. The Hall–Kier alpha value is -0.0400. The summed E-state index contributed by atoms with van der Waals surface area (Å²) in [5.74, 6) is 2.99. The normalized spacial score (nSPS) is 32.3. The second-order valence-corrected chi connectivity index (χ2v) is 6.68. The molecule has 2 aliphatic carbocycles. The van der Waals surface area contributed by atoms with E-state index in [0.29, 0.717) is 0 Å². The lowest BCUT2D eigenvalue weighted by Crippen LogP contribution is -2.41. The molecule has 0 aromatic rings. The van der Waals surface area contributed by atoms with Gasteiger partial charge in [-0.15, -0.1) is 0 Å². The summed E-state index contributed by atoms with van der Waals surface area (Å²) in [7, 11) is 0. The zero-order valence-corrected chi connectivity index (χ0v) is 12.6. The third-order valence-corrected chi connectivity index (χ3v) is 5.51. The van der Waals surface area contributed by atoms with E-state index in [1.165, 1.54) is 64.2 Å². The molecular formula is C17H33N. The van der Waals surface area contributed by atoms with Crippen LogP contribution in [0.4, 0.5) is 0 Å². The monoisotopic (exact) mass is 251 g/mol. The highest BCUT2D eigenvalue weighted by molar-refractivity contribution is 4.89. The number of hydrogen-bond acceptors (Lipinski definition) is 1. The molecule has 1 nitrogen and oxygen atoms in total. The van der Waals surface area contributed by atoms with Crippen LogP contribution >= 0.6 is 0 Å². The molecule has 2 saturated carbocycles. The van der Waals surface area contributed by atoms with E-state index in [2.05, 4.69) is 19.2 Å². The third kappa shape index (κ3) is 3.73. The molecule has 18 heavy (non-hydrogen) atoms. The molecule has 0 heterocycles. The molecule has 2 fully saturated rings. The van der Waals surface area contributed by atoms with Crippen LogP contribution in [-0.4, -0.2) is 12.6 Å². The largest absolute Gasteiger partial charge is 0.314 e. The smallest absolute Gasteiger partial charge is 0.0124 e. The second kappa shape index (κ2) is 7.53. The van der Waals surface area contributed by atoms with Crippen molar-refractivity contribution >= 4 is 0 Å². The van der Waals surface area contributed by atoms with E-state index in [1.54, 1.807) is 0 Å². The highest BCUT2D eigenvalue weighted by Gasteiger charge is 2.34. The zero-order chi connectivity index (χ0) is 12.8. The van der Waals surface area contributed by atoms with Gasteiger partial charge in [0, 0.05) is 6.04 Å². The van der Waals surface area contributed by atoms with Crippen LogP contribution in [0.5, 0.6) is 0 Å². The van der Waals surface area contributed by atoms with Crippen LogP contribution < -0.4 is 5.32 Å². The van der Waals surface area contributed by atoms with Gasteiger partial charge in [0.05, 0.1) is 0 Å². The lowest BCUT2D eigenvalue weighted by Gasteiger charge is -2.32. The van der Waals surface area contributed by atoms with Gasteiger partial charge in [-0.2, -0.15) is 0 Å². The van der Waals surface area contributed by atoms with Crippen molar-refractivity contribution in [2.24, 2.45) is 17.8 Å². The second-order valence-electron chi connectivity index (χ2n) is 6.68. The Morgan fingerprint density at radius 2 is 1.61 bits per heavy atom. The first-order valence-electron chi connectivity index (χ1n) is 8.58. The van der Waals surface area contributed by atoms with Crippen LogP contribution in [0.2, 0.25) is 0 Å². The van der Waals surface area contributed by atoms with E-state index in [9.17, 15) is 0 Å². The van der Waals surface area contributed by atoms with Crippen LogP contribution in [0.25, 0.3) is 0 Å². The fraction of sp³-hybridized carbons (Fsp3) is 1.00. The molecule has 2 aliphatic rings. The molecule has 0 aliphatic heterocycles. The van der Waals surface area contributed by atoms with Crippen molar-refractivity contribution < 1.29 is 0 Å². The van der Waals surface area contributed by atoms with Gasteiger partial charge in [0.15, 0.2) is 0 Å². The summed E-state index contributed by atoms with van der Waals surface area (Å²) in [6.45, 7) is 5.82. The van der Waals surface area contributed by atoms with Crippen molar-refractivity contribution in [3.63, 3.8) is 0 Å². The molecule has 0 saturated heterocycles. The summed E-state index contributed by atoms with van der Waals surface area (Å²) in [4.78, 5) is 0. The van der Waals surface area contributed by atoms with Crippen molar-refractivity contribution in [2.75, 3.05) is 6.54 Å². The standard InChI is InChI=1S/C17H33N/c1-3-14-11-12-16(13-14)17(18-4-2)15-9-7-5-6-8-10-15/h14-18H,3-13H2,1-2H3. The SMILES string of the molecule is CCNC(C1CCCCCC1)C1CCC(CC)C1. The van der Waals surface area contributed by atoms with Crippen LogP contribution in [0, 0.1) is 17.8 Å². The molecule has 1 N–H and O–H groups in total. The Kier molecular flexibility index (Phi) is 6.01. The van der Waals surface area contributed by atoms with E-state index in [-0.39, 0.29) is 0 Å². The van der Waals surface area contributed by atoms with E-state index >= 15 is 0 Å². The molecule has 2 rings (SSSR count). The van der Waals surface area contributed by atoms with Crippen molar-refractivity contribution in [2.45, 2.75) is 84.1 Å². The van der Waals surface area contributed by atoms with Gasteiger partial charge in [-0.1, -0.05) is 52.4 Å². The maximum atomic E-state index is 3.87. The summed E-state index contributed by atoms with van der Waals surface area (Å²) in [5, 5.41) is 3.87. The lowest BCUT2D eigenvalue weighted by molar-refractivity contribution is 0.236. The van der Waals surface area contributed by atoms with Gasteiger partial charge in [-0.25, -0.2) is 0 Å². The van der Waals surface area contributed by atoms with E-state index in [1.807, 2.05) is 0 Å². The average molecular weight is 251 g/mol. The van der Waals surface area contributed by atoms with Gasteiger partial charge in [0.25, 0.3) is 0 Å².